The minimum absolute atomic E-state index is 0.194. The summed E-state index contributed by atoms with van der Waals surface area (Å²) in [5.74, 6) is 0. The Morgan fingerprint density at radius 2 is 0.683 bits per heavy atom. The highest BCUT2D eigenvalue weighted by Gasteiger charge is 2.33. The van der Waals surface area contributed by atoms with E-state index in [0.29, 0.717) is 18.1 Å². The van der Waals surface area contributed by atoms with E-state index in [1.54, 1.807) is 12.1 Å². The van der Waals surface area contributed by atoms with E-state index in [1.807, 2.05) is 0 Å². The average molecular weight is 1380 g/mol. The van der Waals surface area contributed by atoms with E-state index in [-0.39, 0.29) is 5.41 Å². The highest BCUT2D eigenvalue weighted by atomic mass is 19.4. The van der Waals surface area contributed by atoms with Crippen molar-refractivity contribution in [1.29, 1.82) is 0 Å². The average Bonchev–Trinajstić information content (AvgIpc) is 0.909. The van der Waals surface area contributed by atoms with Gasteiger partial charge in [-0.15, -0.1) is 0 Å². The smallest absolute Gasteiger partial charge is 0.378 e. The highest BCUT2D eigenvalue weighted by Crippen LogP contribution is 2.33. The summed E-state index contributed by atoms with van der Waals surface area (Å²) in [4.78, 5) is 20.3. The van der Waals surface area contributed by atoms with Gasteiger partial charge in [-0.05, 0) is 157 Å². The van der Waals surface area contributed by atoms with Gasteiger partial charge >= 0.3 is 6.18 Å². The molecular formula is C87H122F3N11. The second-order valence-corrected chi connectivity index (χ2v) is 30.5. The van der Waals surface area contributed by atoms with Crippen molar-refractivity contribution in [2.24, 2.45) is 0 Å². The molecule has 3 N–H and O–H groups in total. The van der Waals surface area contributed by atoms with Crippen molar-refractivity contribution in [3.63, 3.8) is 0 Å². The topological polar surface area (TPSA) is 62.0 Å². The highest BCUT2D eigenvalue weighted by molar-refractivity contribution is 5.48. The predicted octanol–water partition coefficient (Wildman–Crippen LogP) is 15.9. The quantitative estimate of drug-likeness (QED) is 0.0455. The molecule has 3 heterocycles. The molecule has 3 aliphatic heterocycles. The van der Waals surface area contributed by atoms with Crippen molar-refractivity contribution in [1.82, 2.24) is 40.4 Å². The number of nitrogens with zero attached hydrogens (tertiary/aromatic N) is 8. The summed E-state index contributed by atoms with van der Waals surface area (Å²) in [5, 5.41) is 11.1. The van der Waals surface area contributed by atoms with Crippen molar-refractivity contribution in [2.75, 3.05) is 161 Å². The maximum absolute atomic E-state index is 12.8. The Balaban J connectivity index is 0.000000164. The Labute approximate surface area is 606 Å². The molecule has 2 aliphatic carbocycles. The molecule has 2 saturated carbocycles. The van der Waals surface area contributed by atoms with Crippen LogP contribution < -0.4 is 30.7 Å². The summed E-state index contributed by atoms with van der Waals surface area (Å²) in [7, 11) is 8.36. The Morgan fingerprint density at radius 1 is 0.366 bits per heavy atom. The molecule has 0 radical (unpaired) electrons. The molecule has 101 heavy (non-hydrogen) atoms. The summed E-state index contributed by atoms with van der Waals surface area (Å²) in [5.41, 5.74) is 12.8. The van der Waals surface area contributed by atoms with Crippen LogP contribution in [0.4, 0.5) is 30.2 Å². The van der Waals surface area contributed by atoms with Crippen LogP contribution in [0.15, 0.2) is 188 Å². The van der Waals surface area contributed by atoms with E-state index < -0.39 is 11.7 Å². The van der Waals surface area contributed by atoms with Crippen LogP contribution >= 0.6 is 0 Å². The zero-order valence-electron chi connectivity index (χ0n) is 62.4. The number of para-hydroxylation sites is 1. The number of hydrogen-bond acceptors (Lipinski definition) is 11. The summed E-state index contributed by atoms with van der Waals surface area (Å²) < 4.78 is 38.3. The number of rotatable bonds is 26. The summed E-state index contributed by atoms with van der Waals surface area (Å²) in [6.07, 6.45) is 12.5. The molecule has 11 nitrogen and oxygen atoms in total. The number of nitrogens with one attached hydrogen (secondary N) is 3. The Morgan fingerprint density at radius 3 is 1.02 bits per heavy atom. The molecule has 3 atom stereocenters. The first kappa shape index (κ1) is 77.0. The third-order valence-corrected chi connectivity index (χ3v) is 22.1. The van der Waals surface area contributed by atoms with Crippen molar-refractivity contribution < 1.29 is 13.2 Å². The molecule has 7 aromatic carbocycles. The van der Waals surface area contributed by atoms with Gasteiger partial charge in [-0.3, -0.25) is 24.5 Å². The Bertz CT molecular complexity index is 3370. The van der Waals surface area contributed by atoms with E-state index in [9.17, 15) is 13.2 Å². The molecule has 12 rings (SSSR count). The number of halogens is 3. The van der Waals surface area contributed by atoms with Crippen LogP contribution in [0.5, 0.6) is 0 Å². The summed E-state index contributed by atoms with van der Waals surface area (Å²) >= 11 is 0. The SMILES string of the molecule is CN(C)c1ccc(CCNCC(c2ccc(C(C)(C)C)cc2)N2CCN(C3CCCCC3)CC2)cc1.CN(C)c1ccc(CCNCC(c2ccccc2)N2CCN(c3ccccc3)CC2)cc1.FC(F)(F)c1ccc(CCNCC(c2ccccc2)N2CCN(C3CCCCC3)CC2)cc1. The van der Waals surface area contributed by atoms with E-state index >= 15 is 0 Å². The second-order valence-electron chi connectivity index (χ2n) is 30.5. The third-order valence-electron chi connectivity index (χ3n) is 22.1. The Hall–Kier alpha value is -6.59. The number of piperazine rings is 3. The van der Waals surface area contributed by atoms with Crippen molar-refractivity contribution in [3.05, 3.63) is 233 Å². The lowest BCUT2D eigenvalue weighted by atomic mass is 9.86. The number of benzene rings is 7. The lowest BCUT2D eigenvalue weighted by Crippen LogP contribution is -2.52. The predicted molar refractivity (Wildman–Crippen MR) is 419 cm³/mol. The second kappa shape index (κ2) is 39.3. The molecule has 0 bridgehead atoms. The maximum Gasteiger partial charge on any atom is 0.416 e. The summed E-state index contributed by atoms with van der Waals surface area (Å²) in [6.45, 7) is 26.0. The molecule has 3 unspecified atom stereocenters. The molecule has 5 aliphatic rings. The first-order valence-electron chi connectivity index (χ1n) is 38.5. The van der Waals surface area contributed by atoms with Gasteiger partial charge in [0.25, 0.3) is 0 Å². The first-order chi connectivity index (χ1) is 49.0. The number of alkyl halides is 3. The largest absolute Gasteiger partial charge is 0.416 e. The van der Waals surface area contributed by atoms with Gasteiger partial charge in [-0.2, -0.15) is 13.2 Å². The van der Waals surface area contributed by atoms with Crippen LogP contribution in [0.25, 0.3) is 0 Å². The van der Waals surface area contributed by atoms with Crippen LogP contribution in [0.1, 0.15) is 148 Å². The van der Waals surface area contributed by atoms with E-state index in [0.717, 1.165) is 129 Å². The van der Waals surface area contributed by atoms with Gasteiger partial charge in [0.05, 0.1) is 5.56 Å². The molecule has 14 heteroatoms. The van der Waals surface area contributed by atoms with E-state index in [1.165, 1.54) is 153 Å². The minimum Gasteiger partial charge on any atom is -0.378 e. The standard InChI is InChI=1S/C32H50N4.C28H36N4.C27H36F3N3/c1-32(2,3)28-15-13-27(14-16-28)31(25-33-20-19-26-11-17-29(18-12-26)34(4)5)36-23-21-35(22-24-36)30-9-7-6-8-10-30;1-30(2)26-15-13-24(14-16-26)17-18-29-23-28(25-9-5-3-6-10-25)32-21-19-31(20-22-32)27-11-7-4-8-12-27;28-27(29,30)24-13-11-22(12-14-24)15-16-31-21-26(23-7-3-1-4-8-23)33-19-17-32(18-20-33)25-9-5-2-6-10-25/h11-18,30-31,33H,6-10,19-25H2,1-5H3;3-16,28-29H,17-23H2,1-2H3;1,3-4,7-8,11-14,25-26,31H,2,5-6,9-10,15-21H2. The number of hydrogen-bond donors (Lipinski definition) is 3. The van der Waals surface area contributed by atoms with Gasteiger partial charge in [0, 0.05) is 174 Å². The van der Waals surface area contributed by atoms with Crippen molar-refractivity contribution >= 4 is 17.1 Å². The van der Waals surface area contributed by atoms with Gasteiger partial charge in [0.1, 0.15) is 0 Å². The Kier molecular flexibility index (Phi) is 30.0. The van der Waals surface area contributed by atoms with Gasteiger partial charge < -0.3 is 30.7 Å². The lowest BCUT2D eigenvalue weighted by molar-refractivity contribution is -0.137. The maximum atomic E-state index is 12.8. The fraction of sp³-hybridized carbons (Fsp3) is 0.517. The monoisotopic (exact) mass is 1380 g/mol. The van der Waals surface area contributed by atoms with Crippen LogP contribution in [-0.4, -0.2) is 183 Å². The zero-order chi connectivity index (χ0) is 70.8. The van der Waals surface area contributed by atoms with E-state index in [2.05, 4.69) is 268 Å². The van der Waals surface area contributed by atoms with Crippen LogP contribution in [0, 0.1) is 0 Å². The summed E-state index contributed by atoms with van der Waals surface area (Å²) in [6, 6.07) is 68.1. The molecule has 7 aromatic rings. The van der Waals surface area contributed by atoms with Gasteiger partial charge in [-0.25, -0.2) is 0 Å². The molecular weight excluding hydrogens is 1260 g/mol. The van der Waals surface area contributed by atoms with Crippen molar-refractivity contribution in [2.45, 2.75) is 146 Å². The minimum atomic E-state index is -4.28. The van der Waals surface area contributed by atoms with Gasteiger partial charge in [0.2, 0.25) is 0 Å². The fourth-order valence-corrected chi connectivity index (χ4v) is 15.8. The molecule has 0 aromatic heterocycles. The molecule has 0 spiro atoms. The normalized spacial score (nSPS) is 18.4. The van der Waals surface area contributed by atoms with E-state index in [4.69, 9.17) is 0 Å². The van der Waals surface area contributed by atoms with Crippen LogP contribution in [0.2, 0.25) is 0 Å². The molecule has 546 valence electrons. The number of anilines is 3. The van der Waals surface area contributed by atoms with Gasteiger partial charge in [0.15, 0.2) is 0 Å². The van der Waals surface area contributed by atoms with Crippen LogP contribution in [-0.2, 0) is 30.9 Å². The molecule has 3 saturated heterocycles. The first-order valence-corrected chi connectivity index (χ1v) is 38.5. The van der Waals surface area contributed by atoms with Crippen molar-refractivity contribution in [3.8, 4) is 0 Å². The molecule has 0 amide bonds. The lowest BCUT2D eigenvalue weighted by Gasteiger charge is -2.43. The van der Waals surface area contributed by atoms with Crippen LogP contribution in [0.3, 0.4) is 0 Å². The molecule has 5 fully saturated rings. The zero-order valence-corrected chi connectivity index (χ0v) is 62.4. The third kappa shape index (κ3) is 24.0. The van der Waals surface area contributed by atoms with Gasteiger partial charge in [-0.1, -0.05) is 199 Å². The fourth-order valence-electron chi connectivity index (χ4n) is 15.8.